The summed E-state index contributed by atoms with van der Waals surface area (Å²) in [5.74, 6) is -0.390. The van der Waals surface area contributed by atoms with E-state index in [0.29, 0.717) is 22.8 Å². The van der Waals surface area contributed by atoms with Gasteiger partial charge in [0.2, 0.25) is 0 Å². The molecule has 0 spiro atoms. The third-order valence-electron chi connectivity index (χ3n) is 4.85. The van der Waals surface area contributed by atoms with Crippen molar-refractivity contribution in [3.63, 3.8) is 0 Å². The number of rotatable bonds is 6. The lowest BCUT2D eigenvalue weighted by Gasteiger charge is -2.13. The number of carbonyl (C=O) groups excluding carboxylic acids is 1. The molecule has 0 aliphatic rings. The average Bonchev–Trinajstić information content (AvgIpc) is 2.79. The number of anilines is 1. The van der Waals surface area contributed by atoms with E-state index < -0.39 is 17.6 Å². The monoisotopic (exact) mass is 548 g/mol. The molecule has 174 valence electrons. The number of nitrogens with one attached hydrogen (secondary N) is 1. The normalized spacial score (nSPS) is 11.6. The molecule has 0 atom stereocenters. The Kier molecular flexibility index (Phi) is 8.02. The molecule has 0 unspecified atom stereocenters. The molecule has 0 aliphatic heterocycles. The van der Waals surface area contributed by atoms with Gasteiger partial charge in [0.25, 0.3) is 5.91 Å². The van der Waals surface area contributed by atoms with Crippen LogP contribution in [0.25, 0.3) is 6.08 Å². The van der Waals surface area contributed by atoms with Crippen LogP contribution in [0.1, 0.15) is 22.3 Å². The first-order valence-electron chi connectivity index (χ1n) is 9.82. The van der Waals surface area contributed by atoms with Gasteiger partial charge in [-0.3, -0.25) is 4.79 Å². The summed E-state index contributed by atoms with van der Waals surface area (Å²) in [5.41, 5.74) is 0.831. The summed E-state index contributed by atoms with van der Waals surface area (Å²) in [6.07, 6.45) is -2.78. The number of nitrogens with zero attached hydrogens (tertiary/aromatic N) is 1. The molecule has 0 radical (unpaired) electrons. The van der Waals surface area contributed by atoms with Gasteiger partial charge in [0.05, 0.1) is 12.7 Å². The molecule has 1 N–H and O–H groups in total. The van der Waals surface area contributed by atoms with Gasteiger partial charge in [-0.2, -0.15) is 18.4 Å². The SMILES string of the molecule is COc1cc(/C=C(\C#N)C(=O)Nc2cccc(C(F)(F)F)c2)cc(Cl)c1Cc1ccccc1Br. The fourth-order valence-corrected chi connectivity index (χ4v) is 3.90. The van der Waals surface area contributed by atoms with E-state index in [2.05, 4.69) is 21.2 Å². The molecule has 3 rings (SSSR count). The van der Waals surface area contributed by atoms with Gasteiger partial charge in [-0.05, 0) is 53.6 Å². The van der Waals surface area contributed by atoms with Gasteiger partial charge >= 0.3 is 6.18 Å². The fraction of sp³-hybridized carbons (Fsp3) is 0.120. The first kappa shape index (κ1) is 25.3. The van der Waals surface area contributed by atoms with Crippen LogP contribution < -0.4 is 10.1 Å². The van der Waals surface area contributed by atoms with Crippen LogP contribution in [0.3, 0.4) is 0 Å². The largest absolute Gasteiger partial charge is 0.496 e. The first-order valence-corrected chi connectivity index (χ1v) is 11.0. The molecule has 34 heavy (non-hydrogen) atoms. The zero-order valence-electron chi connectivity index (χ0n) is 17.7. The Bertz CT molecular complexity index is 1300. The second-order valence-electron chi connectivity index (χ2n) is 7.15. The first-order chi connectivity index (χ1) is 16.1. The number of carbonyl (C=O) groups is 1. The number of hydrogen-bond acceptors (Lipinski definition) is 3. The van der Waals surface area contributed by atoms with Crippen LogP contribution in [-0.4, -0.2) is 13.0 Å². The topological polar surface area (TPSA) is 62.1 Å². The Balaban J connectivity index is 1.88. The predicted octanol–water partition coefficient (Wildman–Crippen LogP) is 7.27. The van der Waals surface area contributed by atoms with Crippen LogP contribution in [-0.2, 0) is 17.4 Å². The Morgan fingerprint density at radius 1 is 1.18 bits per heavy atom. The van der Waals surface area contributed by atoms with Crippen molar-refractivity contribution in [1.82, 2.24) is 0 Å². The number of amides is 1. The van der Waals surface area contributed by atoms with Gasteiger partial charge in [0, 0.05) is 27.2 Å². The maximum absolute atomic E-state index is 12.9. The molecule has 0 heterocycles. The minimum Gasteiger partial charge on any atom is -0.496 e. The highest BCUT2D eigenvalue weighted by Gasteiger charge is 2.30. The van der Waals surface area contributed by atoms with E-state index in [1.807, 2.05) is 24.3 Å². The maximum Gasteiger partial charge on any atom is 0.416 e. The summed E-state index contributed by atoms with van der Waals surface area (Å²) in [5, 5.41) is 12.2. The zero-order valence-corrected chi connectivity index (χ0v) is 20.1. The van der Waals surface area contributed by atoms with E-state index in [0.717, 1.165) is 27.7 Å². The number of methoxy groups -OCH3 is 1. The summed E-state index contributed by atoms with van der Waals surface area (Å²) in [4.78, 5) is 12.5. The van der Waals surface area contributed by atoms with E-state index in [-0.39, 0.29) is 11.3 Å². The van der Waals surface area contributed by atoms with Crippen LogP contribution in [0.15, 0.2) is 70.7 Å². The van der Waals surface area contributed by atoms with Gasteiger partial charge < -0.3 is 10.1 Å². The van der Waals surface area contributed by atoms with Crippen LogP contribution in [0, 0.1) is 11.3 Å². The van der Waals surface area contributed by atoms with Crippen molar-refractivity contribution in [2.45, 2.75) is 12.6 Å². The molecule has 3 aromatic carbocycles. The number of ether oxygens (including phenoxy) is 1. The van der Waals surface area contributed by atoms with Gasteiger partial charge in [-0.1, -0.05) is 51.8 Å². The highest BCUT2D eigenvalue weighted by atomic mass is 79.9. The maximum atomic E-state index is 12.9. The number of benzene rings is 3. The van der Waals surface area contributed by atoms with E-state index in [9.17, 15) is 23.2 Å². The van der Waals surface area contributed by atoms with Crippen molar-refractivity contribution < 1.29 is 22.7 Å². The Labute approximate surface area is 207 Å². The average molecular weight is 550 g/mol. The van der Waals surface area contributed by atoms with Crippen LogP contribution in [0.5, 0.6) is 5.75 Å². The van der Waals surface area contributed by atoms with Crippen molar-refractivity contribution in [1.29, 1.82) is 5.26 Å². The second-order valence-corrected chi connectivity index (χ2v) is 8.42. The Morgan fingerprint density at radius 2 is 1.91 bits per heavy atom. The van der Waals surface area contributed by atoms with Gasteiger partial charge in [0.15, 0.2) is 0 Å². The number of alkyl halides is 3. The van der Waals surface area contributed by atoms with Crippen LogP contribution in [0.4, 0.5) is 18.9 Å². The van der Waals surface area contributed by atoms with E-state index in [1.54, 1.807) is 18.2 Å². The number of hydrogen-bond donors (Lipinski definition) is 1. The zero-order chi connectivity index (χ0) is 24.9. The summed E-state index contributed by atoms with van der Waals surface area (Å²) >= 11 is 10.0. The molecular formula is C25H17BrClF3N2O2. The molecule has 1 amide bonds. The lowest BCUT2D eigenvalue weighted by atomic mass is 10.0. The van der Waals surface area contributed by atoms with E-state index in [4.69, 9.17) is 16.3 Å². The molecule has 0 saturated carbocycles. The third kappa shape index (κ3) is 6.19. The number of nitriles is 1. The molecular weight excluding hydrogens is 533 g/mol. The third-order valence-corrected chi connectivity index (χ3v) is 5.96. The van der Waals surface area contributed by atoms with Crippen molar-refractivity contribution in [2.24, 2.45) is 0 Å². The van der Waals surface area contributed by atoms with E-state index in [1.165, 1.54) is 25.3 Å². The lowest BCUT2D eigenvalue weighted by Crippen LogP contribution is -2.14. The molecule has 0 saturated heterocycles. The van der Waals surface area contributed by atoms with Crippen molar-refractivity contribution >= 4 is 45.2 Å². The molecule has 0 aromatic heterocycles. The Morgan fingerprint density at radius 3 is 2.56 bits per heavy atom. The molecule has 0 bridgehead atoms. The molecule has 3 aromatic rings. The van der Waals surface area contributed by atoms with Gasteiger partial charge in [0.1, 0.15) is 17.4 Å². The molecule has 0 aliphatic carbocycles. The molecule has 4 nitrogen and oxygen atoms in total. The quantitative estimate of drug-likeness (QED) is 0.260. The van der Waals surface area contributed by atoms with Crippen LogP contribution in [0.2, 0.25) is 5.02 Å². The summed E-state index contributed by atoms with van der Waals surface area (Å²) in [7, 11) is 1.48. The molecule has 0 fully saturated rings. The minimum absolute atomic E-state index is 0.0830. The lowest BCUT2D eigenvalue weighted by molar-refractivity contribution is -0.137. The van der Waals surface area contributed by atoms with Crippen LogP contribution >= 0.6 is 27.5 Å². The van der Waals surface area contributed by atoms with Crippen molar-refractivity contribution in [2.75, 3.05) is 12.4 Å². The summed E-state index contributed by atoms with van der Waals surface area (Å²) in [6, 6.07) is 16.8. The van der Waals surface area contributed by atoms with E-state index >= 15 is 0 Å². The summed E-state index contributed by atoms with van der Waals surface area (Å²) < 4.78 is 45.1. The number of halogens is 5. The fourth-order valence-electron chi connectivity index (χ4n) is 3.19. The predicted molar refractivity (Wildman–Crippen MR) is 129 cm³/mol. The smallest absolute Gasteiger partial charge is 0.416 e. The Hall–Kier alpha value is -3.28. The standard InChI is InChI=1S/C25H17BrClF3N2O2/c1-34-23-11-15(10-22(27)20(23)12-16-5-2-3-8-21(16)26)9-17(14-31)24(33)32-19-7-4-6-18(13-19)25(28,29)30/h2-11,13H,12H2,1H3,(H,32,33)/b17-9+. The second kappa shape index (κ2) is 10.8. The van der Waals surface area contributed by atoms with Crippen molar-refractivity contribution in [3.05, 3.63) is 98.0 Å². The summed E-state index contributed by atoms with van der Waals surface area (Å²) in [6.45, 7) is 0. The van der Waals surface area contributed by atoms with Crippen molar-refractivity contribution in [3.8, 4) is 11.8 Å². The highest BCUT2D eigenvalue weighted by Crippen LogP contribution is 2.34. The highest BCUT2D eigenvalue weighted by molar-refractivity contribution is 9.10. The van der Waals surface area contributed by atoms with Gasteiger partial charge in [-0.15, -0.1) is 0 Å². The minimum atomic E-state index is -4.56. The van der Waals surface area contributed by atoms with Gasteiger partial charge in [-0.25, -0.2) is 0 Å². The molecule has 9 heteroatoms.